The molecule has 2 aliphatic heterocycles. The van der Waals surface area contributed by atoms with E-state index in [9.17, 15) is 14.7 Å². The fourth-order valence-electron chi connectivity index (χ4n) is 8.28. The van der Waals surface area contributed by atoms with Crippen LogP contribution in [0.4, 0.5) is 10.5 Å². The zero-order chi connectivity index (χ0) is 38.7. The molecule has 7 rings (SSSR count). The normalized spacial score (nSPS) is 20.5. The highest BCUT2D eigenvalue weighted by Gasteiger charge is 2.35. The molecule has 12 heteroatoms. The van der Waals surface area contributed by atoms with Gasteiger partial charge in [-0.15, -0.1) is 0 Å². The number of fused-ring (bicyclic) bond motifs is 1. The Morgan fingerprint density at radius 3 is 2.45 bits per heavy atom. The van der Waals surface area contributed by atoms with Crippen LogP contribution < -0.4 is 9.64 Å². The minimum atomic E-state index is -1.04. The van der Waals surface area contributed by atoms with Gasteiger partial charge >= 0.3 is 12.1 Å². The van der Waals surface area contributed by atoms with E-state index in [2.05, 4.69) is 43.7 Å². The first-order valence-corrected chi connectivity index (χ1v) is 19.8. The first-order chi connectivity index (χ1) is 26.3. The van der Waals surface area contributed by atoms with Gasteiger partial charge in [-0.1, -0.05) is 36.2 Å². The Hall–Kier alpha value is -4.58. The van der Waals surface area contributed by atoms with Gasteiger partial charge in [0.15, 0.2) is 0 Å². The number of hydrogen-bond acceptors (Lipinski definition) is 8. The zero-order valence-corrected chi connectivity index (χ0v) is 33.2. The highest BCUT2D eigenvalue weighted by atomic mass is 35.5. The van der Waals surface area contributed by atoms with Gasteiger partial charge in [-0.25, -0.2) is 14.6 Å². The predicted octanol–water partition coefficient (Wildman–Crippen LogP) is 8.42. The van der Waals surface area contributed by atoms with Gasteiger partial charge in [-0.2, -0.15) is 0 Å². The number of anilines is 1. The van der Waals surface area contributed by atoms with Gasteiger partial charge in [0.05, 0.1) is 6.20 Å². The Kier molecular flexibility index (Phi) is 11.4. The van der Waals surface area contributed by atoms with Crippen LogP contribution in [0.3, 0.4) is 0 Å². The summed E-state index contributed by atoms with van der Waals surface area (Å²) in [5.74, 6) is -0.255. The summed E-state index contributed by atoms with van der Waals surface area (Å²) in [5, 5.41) is 11.6. The van der Waals surface area contributed by atoms with Gasteiger partial charge < -0.3 is 34.3 Å². The number of benzene rings is 2. The maximum absolute atomic E-state index is 12.8. The zero-order valence-electron chi connectivity index (χ0n) is 32.4. The number of halogens is 1. The van der Waals surface area contributed by atoms with Crippen molar-refractivity contribution >= 4 is 46.0 Å². The van der Waals surface area contributed by atoms with Gasteiger partial charge in [0.25, 0.3) is 0 Å². The Morgan fingerprint density at radius 1 is 0.945 bits per heavy atom. The summed E-state index contributed by atoms with van der Waals surface area (Å²) < 4.78 is 11.8. The summed E-state index contributed by atoms with van der Waals surface area (Å²) in [6, 6.07) is 17.4. The third kappa shape index (κ3) is 9.63. The maximum atomic E-state index is 12.8. The maximum Gasteiger partial charge on any atom is 0.410 e. The predicted molar refractivity (Wildman–Crippen MR) is 217 cm³/mol. The van der Waals surface area contributed by atoms with Crippen LogP contribution in [0.25, 0.3) is 16.6 Å². The second kappa shape index (κ2) is 16.3. The molecule has 0 bridgehead atoms. The standard InChI is InChI=1S/C43H53ClN6O5/c1-42(2,3)55-41(53)50-17-5-16-48(20-23-50)29-43(4)14-12-36(30-6-8-33(44)9-7-30)32(26-43)28-47-18-21-49(22-19-47)34-10-11-37(40(51)52)38(25-34)54-35-24-31-13-15-45-39(31)46-27-35/h6-11,13,15,24-25,27H,5,12,14,16-23,26,28-29H2,1-4H3,(H,45,46)(H,51,52)/t43-/m1/s1. The van der Waals surface area contributed by atoms with Crippen LogP contribution in [0.1, 0.15) is 69.3 Å². The summed E-state index contributed by atoms with van der Waals surface area (Å²) in [6.45, 7) is 16.7. The van der Waals surface area contributed by atoms with Crippen molar-refractivity contribution in [2.75, 3.05) is 70.3 Å². The first kappa shape index (κ1) is 38.7. The minimum Gasteiger partial charge on any atom is -0.478 e. The molecule has 1 amide bonds. The van der Waals surface area contributed by atoms with E-state index < -0.39 is 11.6 Å². The molecule has 4 aromatic rings. The van der Waals surface area contributed by atoms with Crippen LogP contribution in [-0.2, 0) is 4.74 Å². The number of pyridine rings is 1. The quantitative estimate of drug-likeness (QED) is 0.173. The monoisotopic (exact) mass is 768 g/mol. The van der Waals surface area contributed by atoms with E-state index in [0.29, 0.717) is 18.0 Å². The number of aromatic amines is 1. The van der Waals surface area contributed by atoms with E-state index in [1.54, 1.807) is 12.3 Å². The third-order valence-corrected chi connectivity index (χ3v) is 11.3. The number of H-pyrrole nitrogens is 1. The lowest BCUT2D eigenvalue weighted by Crippen LogP contribution is -2.47. The van der Waals surface area contributed by atoms with Crippen molar-refractivity contribution < 1.29 is 24.2 Å². The Bertz CT molecular complexity index is 2030. The number of nitrogens with zero attached hydrogens (tertiary/aromatic N) is 5. The largest absolute Gasteiger partial charge is 0.478 e. The topological polar surface area (TPSA) is 114 Å². The second-order valence-electron chi connectivity index (χ2n) is 16.6. The number of aromatic nitrogens is 2. The molecule has 2 aromatic carbocycles. The van der Waals surface area contributed by atoms with Gasteiger partial charge in [-0.05, 0) is 106 Å². The minimum absolute atomic E-state index is 0.109. The van der Waals surface area contributed by atoms with Crippen molar-refractivity contribution in [2.24, 2.45) is 5.41 Å². The molecule has 292 valence electrons. The molecule has 11 nitrogen and oxygen atoms in total. The molecule has 55 heavy (non-hydrogen) atoms. The molecule has 1 atom stereocenters. The van der Waals surface area contributed by atoms with Crippen LogP contribution in [0.2, 0.25) is 5.02 Å². The van der Waals surface area contributed by atoms with Crippen molar-refractivity contribution in [1.29, 1.82) is 0 Å². The molecular formula is C43H53ClN6O5. The summed E-state index contributed by atoms with van der Waals surface area (Å²) in [6.07, 6.45) is 7.26. The first-order valence-electron chi connectivity index (χ1n) is 19.4. The number of carboxylic acids is 1. The Morgan fingerprint density at radius 2 is 1.71 bits per heavy atom. The average Bonchev–Trinajstić information content (AvgIpc) is 3.49. The Labute approximate surface area is 328 Å². The van der Waals surface area contributed by atoms with E-state index in [0.717, 1.165) is 106 Å². The SMILES string of the molecule is CC(C)(C)OC(=O)N1CCCN(C[C@]2(C)CCC(c3ccc(Cl)cc3)=C(CN3CCN(c4ccc(C(=O)O)c(Oc5cnc6[nH]ccc6c5)c4)CC3)C2)CC1. The highest BCUT2D eigenvalue weighted by molar-refractivity contribution is 6.30. The van der Waals surface area contributed by atoms with E-state index in [4.69, 9.17) is 21.1 Å². The second-order valence-corrected chi connectivity index (χ2v) is 17.0. The molecule has 1 aliphatic carbocycles. The fourth-order valence-corrected chi connectivity index (χ4v) is 8.41. The van der Waals surface area contributed by atoms with Gasteiger partial charge in [0.1, 0.15) is 28.3 Å². The molecule has 2 aromatic heterocycles. The van der Waals surface area contributed by atoms with Gasteiger partial charge in [0, 0.05) is 87.3 Å². The van der Waals surface area contributed by atoms with Crippen LogP contribution >= 0.6 is 11.6 Å². The summed E-state index contributed by atoms with van der Waals surface area (Å²) in [4.78, 5) is 41.7. The fraction of sp³-hybridized carbons (Fsp3) is 0.465. The van der Waals surface area contributed by atoms with Crippen LogP contribution in [-0.4, -0.2) is 113 Å². The van der Waals surface area contributed by atoms with E-state index in [-0.39, 0.29) is 17.1 Å². The summed E-state index contributed by atoms with van der Waals surface area (Å²) >= 11 is 6.32. The molecule has 2 N–H and O–H groups in total. The van der Waals surface area contributed by atoms with Crippen molar-refractivity contribution in [3.8, 4) is 11.5 Å². The molecular weight excluding hydrogens is 716 g/mol. The lowest BCUT2D eigenvalue weighted by molar-refractivity contribution is 0.0255. The number of ether oxygens (including phenoxy) is 2. The molecule has 4 heterocycles. The number of nitrogens with one attached hydrogen (secondary N) is 1. The van der Waals surface area contributed by atoms with E-state index in [1.807, 2.05) is 68.3 Å². The number of aromatic carboxylic acids is 1. The van der Waals surface area contributed by atoms with E-state index in [1.165, 1.54) is 16.7 Å². The molecule has 3 aliphatic rings. The number of rotatable bonds is 9. The third-order valence-electron chi connectivity index (χ3n) is 11.0. The molecule has 0 unspecified atom stereocenters. The Balaban J connectivity index is 1.02. The number of carbonyl (C=O) groups excluding carboxylic acids is 1. The van der Waals surface area contributed by atoms with Gasteiger partial charge in [0.2, 0.25) is 0 Å². The van der Waals surface area contributed by atoms with Crippen molar-refractivity contribution in [2.45, 2.75) is 59.0 Å². The average molecular weight is 769 g/mol. The number of allylic oxidation sites excluding steroid dienone is 1. The number of piperazine rings is 1. The smallest absolute Gasteiger partial charge is 0.410 e. The molecule has 2 fully saturated rings. The molecule has 2 saturated heterocycles. The van der Waals surface area contributed by atoms with Gasteiger partial charge in [-0.3, -0.25) is 4.90 Å². The molecule has 0 saturated carbocycles. The number of amides is 1. The summed E-state index contributed by atoms with van der Waals surface area (Å²) in [5.41, 5.74) is 5.57. The van der Waals surface area contributed by atoms with Crippen LogP contribution in [0.15, 0.2) is 72.6 Å². The lowest BCUT2D eigenvalue weighted by Gasteiger charge is -2.42. The number of carbonyl (C=O) groups is 2. The molecule has 0 spiro atoms. The molecule has 0 radical (unpaired) electrons. The van der Waals surface area contributed by atoms with Crippen LogP contribution in [0.5, 0.6) is 11.5 Å². The van der Waals surface area contributed by atoms with Crippen LogP contribution in [0, 0.1) is 5.41 Å². The highest BCUT2D eigenvalue weighted by Crippen LogP contribution is 2.44. The van der Waals surface area contributed by atoms with Crippen molar-refractivity contribution in [1.82, 2.24) is 24.7 Å². The summed E-state index contributed by atoms with van der Waals surface area (Å²) in [7, 11) is 0. The number of hydrogen-bond donors (Lipinski definition) is 2. The van der Waals surface area contributed by atoms with Crippen molar-refractivity contribution in [3.05, 3.63) is 88.7 Å². The van der Waals surface area contributed by atoms with Crippen molar-refractivity contribution in [3.63, 3.8) is 0 Å². The number of carboxylic acid groups (broad SMARTS) is 1. The van der Waals surface area contributed by atoms with E-state index >= 15 is 0 Å². The lowest BCUT2D eigenvalue weighted by atomic mass is 9.71.